The molecule has 0 bridgehead atoms. The Morgan fingerprint density at radius 2 is 2.17 bits per heavy atom. The van der Waals surface area contributed by atoms with E-state index in [4.69, 9.17) is 4.42 Å². The number of aromatic nitrogens is 1. The van der Waals surface area contributed by atoms with Crippen LogP contribution >= 0.6 is 0 Å². The molecule has 0 aliphatic carbocycles. The molecule has 1 aromatic heterocycles. The quantitative estimate of drug-likeness (QED) is 0.549. The van der Waals surface area contributed by atoms with E-state index in [-0.39, 0.29) is 5.41 Å². The smallest absolute Gasteiger partial charge is 0.408 e. The normalized spacial score (nSPS) is 12.2. The first-order chi connectivity index (χ1) is 8.53. The highest BCUT2D eigenvalue weighted by Crippen LogP contribution is 2.25. The third-order valence-corrected chi connectivity index (χ3v) is 3.07. The van der Waals surface area contributed by atoms with Gasteiger partial charge in [-0.25, -0.2) is 4.79 Å². The molecule has 2 aromatic rings. The van der Waals surface area contributed by atoms with Crippen molar-refractivity contribution in [2.45, 2.75) is 19.3 Å². The maximum absolute atomic E-state index is 11.1. The van der Waals surface area contributed by atoms with Crippen molar-refractivity contribution < 1.29 is 4.42 Å². The van der Waals surface area contributed by atoms with Gasteiger partial charge in [0.1, 0.15) is 0 Å². The number of oxazole rings is 1. The van der Waals surface area contributed by atoms with Gasteiger partial charge in [-0.1, -0.05) is 19.9 Å². The largest absolute Gasteiger partial charge is 0.417 e. The molecule has 2 rings (SSSR count). The monoisotopic (exact) mass is 249 g/mol. The van der Waals surface area contributed by atoms with Crippen molar-refractivity contribution in [2.24, 2.45) is 0 Å². The lowest BCUT2D eigenvalue weighted by atomic mass is 9.84. The van der Waals surface area contributed by atoms with Crippen LogP contribution in [-0.2, 0) is 5.41 Å². The lowest BCUT2D eigenvalue weighted by Crippen LogP contribution is -2.37. The van der Waals surface area contributed by atoms with Crippen molar-refractivity contribution >= 4 is 11.1 Å². The summed E-state index contributed by atoms with van der Waals surface area (Å²) in [6, 6.07) is 5.83. The van der Waals surface area contributed by atoms with Crippen molar-refractivity contribution in [2.75, 3.05) is 20.3 Å². The number of aromatic amines is 1. The van der Waals surface area contributed by atoms with Gasteiger partial charge in [-0.2, -0.15) is 0 Å². The highest BCUT2D eigenvalue weighted by Gasteiger charge is 2.21. The number of nitrogens with one attached hydrogen (secondary N) is 3. The van der Waals surface area contributed by atoms with Gasteiger partial charge in [0, 0.05) is 18.6 Å². The van der Waals surface area contributed by atoms with Crippen LogP contribution in [0.1, 0.15) is 19.4 Å². The Morgan fingerprint density at radius 3 is 2.89 bits per heavy atom. The van der Waals surface area contributed by atoms with Crippen LogP contribution in [0.25, 0.3) is 11.1 Å². The molecule has 0 spiro atoms. The van der Waals surface area contributed by atoms with Crippen LogP contribution in [0.5, 0.6) is 0 Å². The summed E-state index contributed by atoms with van der Waals surface area (Å²) < 4.78 is 5.09. The number of rotatable bonds is 5. The second-order valence-corrected chi connectivity index (χ2v) is 5.07. The van der Waals surface area contributed by atoms with E-state index < -0.39 is 5.76 Å². The van der Waals surface area contributed by atoms with Crippen LogP contribution < -0.4 is 16.4 Å². The Morgan fingerprint density at radius 1 is 1.39 bits per heavy atom. The summed E-state index contributed by atoms with van der Waals surface area (Å²) in [6.07, 6.45) is 0. The molecule has 0 saturated heterocycles. The molecule has 0 fully saturated rings. The molecule has 98 valence electrons. The maximum atomic E-state index is 11.1. The second kappa shape index (κ2) is 4.96. The summed E-state index contributed by atoms with van der Waals surface area (Å²) in [5, 5.41) is 6.36. The Labute approximate surface area is 106 Å². The minimum atomic E-state index is -0.409. The van der Waals surface area contributed by atoms with Crippen LogP contribution in [0, 0.1) is 0 Å². The molecule has 0 atom stereocenters. The summed E-state index contributed by atoms with van der Waals surface area (Å²) in [5.41, 5.74) is 2.46. The molecular formula is C13H19N3O2. The number of benzene rings is 1. The maximum Gasteiger partial charge on any atom is 0.417 e. The third kappa shape index (κ3) is 2.63. The molecule has 0 radical (unpaired) electrons. The molecule has 5 nitrogen and oxygen atoms in total. The van der Waals surface area contributed by atoms with Gasteiger partial charge in [0.2, 0.25) is 0 Å². The molecule has 0 aliphatic heterocycles. The van der Waals surface area contributed by atoms with Gasteiger partial charge in [-0.15, -0.1) is 0 Å². The summed E-state index contributed by atoms with van der Waals surface area (Å²) in [5.74, 6) is -0.409. The van der Waals surface area contributed by atoms with E-state index in [2.05, 4.69) is 29.5 Å². The Hall–Kier alpha value is -1.59. The third-order valence-electron chi connectivity index (χ3n) is 3.07. The van der Waals surface area contributed by atoms with Crippen molar-refractivity contribution in [1.82, 2.24) is 15.6 Å². The number of hydrogen-bond donors (Lipinski definition) is 3. The van der Waals surface area contributed by atoms with Gasteiger partial charge < -0.3 is 15.1 Å². The number of hydrogen-bond acceptors (Lipinski definition) is 4. The van der Waals surface area contributed by atoms with Gasteiger partial charge in [0.25, 0.3) is 0 Å². The Bertz CT molecular complexity index is 583. The summed E-state index contributed by atoms with van der Waals surface area (Å²) in [7, 11) is 1.90. The van der Waals surface area contributed by atoms with E-state index in [9.17, 15) is 4.79 Å². The Balaban J connectivity index is 2.25. The van der Waals surface area contributed by atoms with Crippen LogP contribution in [0.3, 0.4) is 0 Å². The fourth-order valence-corrected chi connectivity index (χ4v) is 1.97. The number of fused-ring (bicyclic) bond motifs is 1. The van der Waals surface area contributed by atoms with E-state index >= 15 is 0 Å². The van der Waals surface area contributed by atoms with Crippen molar-refractivity contribution in [1.29, 1.82) is 0 Å². The average molecular weight is 249 g/mol. The molecule has 1 aromatic carbocycles. The molecule has 0 amide bonds. The first-order valence-corrected chi connectivity index (χ1v) is 6.01. The van der Waals surface area contributed by atoms with Gasteiger partial charge in [0.15, 0.2) is 5.58 Å². The van der Waals surface area contributed by atoms with Gasteiger partial charge in [0.05, 0.1) is 5.52 Å². The Kier molecular flexibility index (Phi) is 3.54. The predicted molar refractivity (Wildman–Crippen MR) is 71.8 cm³/mol. The van der Waals surface area contributed by atoms with Crippen molar-refractivity contribution in [3.8, 4) is 0 Å². The molecular weight excluding hydrogens is 230 g/mol. The van der Waals surface area contributed by atoms with Gasteiger partial charge >= 0.3 is 5.76 Å². The van der Waals surface area contributed by atoms with Crippen molar-refractivity contribution in [3.63, 3.8) is 0 Å². The topological polar surface area (TPSA) is 70.1 Å². The SMILES string of the molecule is CNCNCC(C)(C)c1ccc2[nH]c(=O)oc2c1. The average Bonchev–Trinajstić information content (AvgIpc) is 2.68. The molecule has 0 saturated carbocycles. The van der Waals surface area contributed by atoms with E-state index in [0.717, 1.165) is 24.3 Å². The van der Waals surface area contributed by atoms with Crippen molar-refractivity contribution in [3.05, 3.63) is 34.3 Å². The molecule has 18 heavy (non-hydrogen) atoms. The summed E-state index contributed by atoms with van der Waals surface area (Å²) >= 11 is 0. The fraction of sp³-hybridized carbons (Fsp3) is 0.462. The highest BCUT2D eigenvalue weighted by molar-refractivity contribution is 5.73. The van der Waals surface area contributed by atoms with E-state index in [1.54, 1.807) is 0 Å². The van der Waals surface area contributed by atoms with Crippen LogP contribution in [0.4, 0.5) is 0 Å². The number of H-pyrrole nitrogens is 1. The zero-order chi connectivity index (χ0) is 13.2. The van der Waals surface area contributed by atoms with Crippen LogP contribution in [0.15, 0.2) is 27.4 Å². The van der Waals surface area contributed by atoms with Gasteiger partial charge in [-0.05, 0) is 24.7 Å². The minimum Gasteiger partial charge on any atom is -0.408 e. The molecule has 3 N–H and O–H groups in total. The molecule has 5 heteroatoms. The molecule has 0 unspecified atom stereocenters. The second-order valence-electron chi connectivity index (χ2n) is 5.07. The highest BCUT2D eigenvalue weighted by atomic mass is 16.4. The van der Waals surface area contributed by atoms with E-state index in [1.807, 2.05) is 25.2 Å². The lowest BCUT2D eigenvalue weighted by Gasteiger charge is -2.25. The molecule has 1 heterocycles. The van der Waals surface area contributed by atoms with Crippen LogP contribution in [0.2, 0.25) is 0 Å². The van der Waals surface area contributed by atoms with Crippen LogP contribution in [-0.4, -0.2) is 25.2 Å². The lowest BCUT2D eigenvalue weighted by molar-refractivity contribution is 0.460. The molecule has 0 aliphatic rings. The standard InChI is InChI=1S/C13H19N3O2/c1-13(2,7-15-8-14-3)9-4-5-10-11(6-9)18-12(17)16-10/h4-6,14-15H,7-8H2,1-3H3,(H,16,17). The zero-order valence-corrected chi connectivity index (χ0v) is 11.0. The first kappa shape index (κ1) is 12.9. The minimum absolute atomic E-state index is 0.0269. The summed E-state index contributed by atoms with van der Waals surface area (Å²) in [6.45, 7) is 5.92. The fourth-order valence-electron chi connectivity index (χ4n) is 1.97. The van der Waals surface area contributed by atoms with E-state index in [1.165, 1.54) is 0 Å². The summed E-state index contributed by atoms with van der Waals surface area (Å²) in [4.78, 5) is 13.8. The zero-order valence-electron chi connectivity index (χ0n) is 11.0. The first-order valence-electron chi connectivity index (χ1n) is 6.01. The van der Waals surface area contributed by atoms with E-state index in [0.29, 0.717) is 5.58 Å². The predicted octanol–water partition coefficient (Wildman–Crippen LogP) is 1.17. The van der Waals surface area contributed by atoms with Gasteiger partial charge in [-0.3, -0.25) is 4.98 Å².